The third kappa shape index (κ3) is 8.35. The highest BCUT2D eigenvalue weighted by Gasteiger charge is 2.33. The van der Waals surface area contributed by atoms with Crippen LogP contribution in [-0.2, 0) is 18.0 Å². The van der Waals surface area contributed by atoms with Crippen LogP contribution in [-0.4, -0.2) is 43.7 Å². The van der Waals surface area contributed by atoms with Gasteiger partial charge in [0, 0.05) is 6.42 Å². The maximum absolute atomic E-state index is 10.9. The van der Waals surface area contributed by atoms with Gasteiger partial charge in [-0.25, -0.2) is 9.13 Å². The highest BCUT2D eigenvalue weighted by Crippen LogP contribution is 2.57. The molecule has 0 aliphatic carbocycles. The fraction of sp³-hybridized carbons (Fsp3) is 1.00. The topological polar surface area (TPSA) is 154 Å². The van der Waals surface area contributed by atoms with Crippen molar-refractivity contribution in [3.8, 4) is 0 Å². The van der Waals surface area contributed by atoms with E-state index in [0.717, 1.165) is 0 Å². The van der Waals surface area contributed by atoms with Crippen molar-refractivity contribution < 1.29 is 42.9 Å². The Morgan fingerprint density at radius 1 is 1.25 bits per heavy atom. The van der Waals surface area contributed by atoms with Crippen molar-refractivity contribution in [1.82, 2.24) is 0 Å². The SMILES string of the molecule is CC(O)(CO)CCOP(=O)(O)OP(=O)(O)O. The second-order valence-electron chi connectivity index (χ2n) is 3.28. The van der Waals surface area contributed by atoms with Crippen LogP contribution in [0.4, 0.5) is 0 Å². The van der Waals surface area contributed by atoms with Crippen molar-refractivity contribution in [3.05, 3.63) is 0 Å². The van der Waals surface area contributed by atoms with E-state index in [4.69, 9.17) is 19.8 Å². The Balaban J connectivity index is 4.11. The number of aliphatic hydroxyl groups is 2. The van der Waals surface area contributed by atoms with Crippen molar-refractivity contribution >= 4 is 15.6 Å². The molecule has 16 heavy (non-hydrogen) atoms. The molecule has 11 heteroatoms. The zero-order chi connectivity index (χ0) is 13.0. The average molecular weight is 280 g/mol. The van der Waals surface area contributed by atoms with Crippen LogP contribution < -0.4 is 0 Å². The lowest BCUT2D eigenvalue weighted by atomic mass is 10.1. The third-order valence-corrected chi connectivity index (χ3v) is 3.63. The van der Waals surface area contributed by atoms with Crippen molar-refractivity contribution in [2.24, 2.45) is 0 Å². The van der Waals surface area contributed by atoms with Crippen molar-refractivity contribution in [1.29, 1.82) is 0 Å². The second kappa shape index (κ2) is 5.68. The number of phosphoric ester groups is 1. The van der Waals surface area contributed by atoms with Crippen LogP contribution in [0.5, 0.6) is 0 Å². The molecule has 2 unspecified atom stereocenters. The molecule has 0 bridgehead atoms. The van der Waals surface area contributed by atoms with Crippen LogP contribution in [0.15, 0.2) is 0 Å². The molecule has 0 aromatic heterocycles. The molecule has 2 atom stereocenters. The van der Waals surface area contributed by atoms with Crippen molar-refractivity contribution in [3.63, 3.8) is 0 Å². The lowest BCUT2D eigenvalue weighted by Crippen LogP contribution is -2.30. The summed E-state index contributed by atoms with van der Waals surface area (Å²) in [5.41, 5.74) is -1.51. The molecule has 0 aliphatic rings. The molecular weight excluding hydrogens is 266 g/mol. The second-order valence-corrected chi connectivity index (χ2v) is 6.11. The Labute approximate surface area is 91.5 Å². The first-order chi connectivity index (χ1) is 6.97. The molecule has 0 spiro atoms. The van der Waals surface area contributed by atoms with E-state index in [1.807, 2.05) is 0 Å². The molecular formula is C5H14O9P2. The van der Waals surface area contributed by atoms with E-state index in [1.165, 1.54) is 6.92 Å². The summed E-state index contributed by atoms with van der Waals surface area (Å²) >= 11 is 0. The highest BCUT2D eigenvalue weighted by atomic mass is 31.3. The summed E-state index contributed by atoms with van der Waals surface area (Å²) < 4.78 is 28.8. The monoisotopic (exact) mass is 280 g/mol. The summed E-state index contributed by atoms with van der Waals surface area (Å²) in [7, 11) is -9.99. The molecule has 9 nitrogen and oxygen atoms in total. The quantitative estimate of drug-likeness (QED) is 0.382. The van der Waals surface area contributed by atoms with Gasteiger partial charge >= 0.3 is 15.6 Å². The molecule has 0 aromatic carbocycles. The molecule has 0 saturated carbocycles. The average Bonchev–Trinajstić information content (AvgIpc) is 1.98. The number of hydrogen-bond donors (Lipinski definition) is 5. The normalized spacial score (nSPS) is 20.1. The minimum atomic E-state index is -5.13. The number of aliphatic hydroxyl groups excluding tert-OH is 1. The zero-order valence-corrected chi connectivity index (χ0v) is 10.2. The standard InChI is InChI=1S/C5H14O9P2/c1-5(7,4-6)2-3-13-16(11,12)14-15(8,9)10/h6-7H,2-4H2,1H3,(H,11,12)(H2,8,9,10). The Kier molecular flexibility index (Phi) is 5.74. The Morgan fingerprint density at radius 3 is 2.12 bits per heavy atom. The number of hydrogen-bond acceptors (Lipinski definition) is 6. The van der Waals surface area contributed by atoms with Gasteiger partial charge in [-0.15, -0.1) is 0 Å². The maximum atomic E-state index is 10.9. The Hall–Kier alpha value is 0.180. The summed E-state index contributed by atoms with van der Waals surface area (Å²) in [4.78, 5) is 25.3. The zero-order valence-electron chi connectivity index (χ0n) is 8.38. The largest absolute Gasteiger partial charge is 0.481 e. The van der Waals surface area contributed by atoms with Crippen molar-refractivity contribution in [2.45, 2.75) is 18.9 Å². The van der Waals surface area contributed by atoms with Crippen LogP contribution in [0.3, 0.4) is 0 Å². The number of phosphoric acid groups is 2. The van der Waals surface area contributed by atoms with E-state index in [2.05, 4.69) is 8.83 Å². The van der Waals surface area contributed by atoms with E-state index in [1.54, 1.807) is 0 Å². The first-order valence-electron chi connectivity index (χ1n) is 4.05. The van der Waals surface area contributed by atoms with Crippen LogP contribution in [0.25, 0.3) is 0 Å². The lowest BCUT2D eigenvalue weighted by Gasteiger charge is -2.20. The van der Waals surface area contributed by atoms with Gasteiger partial charge in [0.1, 0.15) is 0 Å². The van der Waals surface area contributed by atoms with Crippen molar-refractivity contribution in [2.75, 3.05) is 13.2 Å². The number of rotatable bonds is 7. The van der Waals surface area contributed by atoms with Gasteiger partial charge in [0.05, 0.1) is 18.8 Å². The van der Waals surface area contributed by atoms with Gasteiger partial charge in [-0.3, -0.25) is 4.52 Å². The van der Waals surface area contributed by atoms with Crippen LogP contribution >= 0.6 is 15.6 Å². The minimum absolute atomic E-state index is 0.210. The predicted octanol–water partition coefficient (Wildman–Crippen LogP) is -0.654. The summed E-state index contributed by atoms with van der Waals surface area (Å²) in [5.74, 6) is 0. The van der Waals surface area contributed by atoms with E-state index >= 15 is 0 Å². The molecule has 0 radical (unpaired) electrons. The lowest BCUT2D eigenvalue weighted by molar-refractivity contribution is -0.0159. The Bertz CT molecular complexity index is 307. The van der Waals surface area contributed by atoms with Gasteiger partial charge in [0.2, 0.25) is 0 Å². The summed E-state index contributed by atoms with van der Waals surface area (Å²) in [6.07, 6.45) is -0.210. The van der Waals surface area contributed by atoms with Gasteiger partial charge in [-0.05, 0) is 6.92 Å². The predicted molar refractivity (Wildman–Crippen MR) is 51.2 cm³/mol. The first kappa shape index (κ1) is 16.2. The summed E-state index contributed by atoms with van der Waals surface area (Å²) in [6.45, 7) is 0.148. The van der Waals surface area contributed by atoms with Gasteiger partial charge in [0.15, 0.2) is 0 Å². The first-order valence-corrected chi connectivity index (χ1v) is 7.07. The molecule has 5 N–H and O–H groups in total. The summed E-state index contributed by atoms with van der Waals surface area (Å²) in [6, 6.07) is 0. The van der Waals surface area contributed by atoms with Gasteiger partial charge in [-0.1, -0.05) is 0 Å². The molecule has 0 aliphatic heterocycles. The minimum Gasteiger partial charge on any atom is -0.393 e. The molecule has 0 aromatic rings. The molecule has 0 rings (SSSR count). The molecule has 0 amide bonds. The Morgan fingerprint density at radius 2 is 1.75 bits per heavy atom. The van der Waals surface area contributed by atoms with Crippen LogP contribution in [0, 0.1) is 0 Å². The molecule has 0 saturated heterocycles. The fourth-order valence-corrected chi connectivity index (χ4v) is 2.20. The van der Waals surface area contributed by atoms with E-state index in [0.29, 0.717) is 0 Å². The fourth-order valence-electron chi connectivity index (χ4n) is 0.618. The van der Waals surface area contributed by atoms with E-state index in [-0.39, 0.29) is 6.42 Å². The van der Waals surface area contributed by atoms with E-state index in [9.17, 15) is 14.2 Å². The van der Waals surface area contributed by atoms with Gasteiger partial charge in [0.25, 0.3) is 0 Å². The smallest absolute Gasteiger partial charge is 0.393 e. The van der Waals surface area contributed by atoms with Crippen LogP contribution in [0.2, 0.25) is 0 Å². The maximum Gasteiger partial charge on any atom is 0.481 e. The van der Waals surface area contributed by atoms with Gasteiger partial charge < -0.3 is 24.9 Å². The molecule has 98 valence electrons. The highest BCUT2D eigenvalue weighted by molar-refractivity contribution is 7.60. The molecule has 0 heterocycles. The summed E-state index contributed by atoms with van der Waals surface area (Å²) in [5, 5.41) is 17.9. The molecule has 0 fully saturated rings. The van der Waals surface area contributed by atoms with Crippen LogP contribution in [0.1, 0.15) is 13.3 Å². The van der Waals surface area contributed by atoms with Gasteiger partial charge in [-0.2, -0.15) is 4.31 Å². The van der Waals surface area contributed by atoms with E-state index < -0.39 is 34.5 Å². The third-order valence-electron chi connectivity index (χ3n) is 1.45.